The minimum absolute atomic E-state index is 0.0539. The number of aromatic amines is 1. The SMILES string of the molecule is COc1ccc(C(C)(c2c[nH]c3c(C)cccc23)C2CC2)cc1. The zero-order chi connectivity index (χ0) is 16.0. The average Bonchev–Trinajstić information content (AvgIpc) is 3.34. The molecule has 2 heteroatoms. The number of para-hydroxylation sites is 1. The summed E-state index contributed by atoms with van der Waals surface area (Å²) in [6.07, 6.45) is 4.84. The van der Waals surface area contributed by atoms with E-state index in [4.69, 9.17) is 4.74 Å². The number of H-pyrrole nitrogens is 1. The molecule has 2 aromatic carbocycles. The molecule has 1 saturated carbocycles. The van der Waals surface area contributed by atoms with Crippen LogP contribution in [0.3, 0.4) is 0 Å². The van der Waals surface area contributed by atoms with Gasteiger partial charge in [0.05, 0.1) is 7.11 Å². The standard InChI is InChI=1S/C21H23NO/c1-14-5-4-6-18-19(13-22-20(14)18)21(2,15-7-8-15)16-9-11-17(23-3)12-10-16/h4-6,9-13,15,22H,7-8H2,1-3H3. The van der Waals surface area contributed by atoms with Crippen LogP contribution in [-0.2, 0) is 5.41 Å². The number of aromatic nitrogens is 1. The fourth-order valence-electron chi connectivity index (χ4n) is 3.94. The molecule has 1 aliphatic carbocycles. The molecule has 118 valence electrons. The maximum atomic E-state index is 5.33. The second-order valence-electron chi connectivity index (χ2n) is 6.90. The lowest BCUT2D eigenvalue weighted by molar-refractivity contribution is 0.413. The van der Waals surface area contributed by atoms with Crippen LogP contribution in [-0.4, -0.2) is 12.1 Å². The van der Waals surface area contributed by atoms with Gasteiger partial charge in [0, 0.05) is 22.5 Å². The summed E-state index contributed by atoms with van der Waals surface area (Å²) < 4.78 is 5.33. The van der Waals surface area contributed by atoms with Gasteiger partial charge in [-0.2, -0.15) is 0 Å². The molecule has 0 spiro atoms. The summed E-state index contributed by atoms with van der Waals surface area (Å²) in [6.45, 7) is 4.57. The average molecular weight is 305 g/mol. The molecular weight excluding hydrogens is 282 g/mol. The quantitative estimate of drug-likeness (QED) is 0.704. The lowest BCUT2D eigenvalue weighted by Crippen LogP contribution is -2.26. The molecule has 0 aliphatic heterocycles. The van der Waals surface area contributed by atoms with E-state index in [1.807, 2.05) is 0 Å². The van der Waals surface area contributed by atoms with Crippen molar-refractivity contribution in [1.82, 2.24) is 4.98 Å². The summed E-state index contributed by atoms with van der Waals surface area (Å²) >= 11 is 0. The molecule has 0 radical (unpaired) electrons. The molecule has 1 aliphatic rings. The van der Waals surface area contributed by atoms with E-state index in [1.54, 1.807) is 7.11 Å². The van der Waals surface area contributed by atoms with Crippen LogP contribution in [0, 0.1) is 12.8 Å². The molecule has 1 fully saturated rings. The smallest absolute Gasteiger partial charge is 0.118 e. The molecule has 4 rings (SSSR count). The highest BCUT2D eigenvalue weighted by Crippen LogP contribution is 2.53. The summed E-state index contributed by atoms with van der Waals surface area (Å²) in [5.41, 5.74) is 5.43. The van der Waals surface area contributed by atoms with Gasteiger partial charge < -0.3 is 9.72 Å². The summed E-state index contributed by atoms with van der Waals surface area (Å²) in [6, 6.07) is 15.2. The normalized spacial score (nSPS) is 17.2. The second-order valence-corrected chi connectivity index (χ2v) is 6.90. The second kappa shape index (κ2) is 5.16. The van der Waals surface area contributed by atoms with Crippen molar-refractivity contribution in [3.8, 4) is 5.75 Å². The molecule has 2 nitrogen and oxygen atoms in total. The summed E-state index contributed by atoms with van der Waals surface area (Å²) in [4.78, 5) is 3.51. The molecule has 1 heterocycles. The molecule has 1 N–H and O–H groups in total. The summed E-state index contributed by atoms with van der Waals surface area (Å²) in [5, 5.41) is 1.36. The number of aryl methyl sites for hydroxylation is 1. The molecule has 3 aromatic rings. The lowest BCUT2D eigenvalue weighted by atomic mass is 9.72. The molecule has 1 atom stereocenters. The van der Waals surface area contributed by atoms with Gasteiger partial charge in [-0.25, -0.2) is 0 Å². The van der Waals surface area contributed by atoms with Crippen LogP contribution in [0.2, 0.25) is 0 Å². The first kappa shape index (κ1) is 14.4. The third-order valence-corrected chi connectivity index (χ3v) is 5.57. The topological polar surface area (TPSA) is 25.0 Å². The summed E-state index contributed by atoms with van der Waals surface area (Å²) in [7, 11) is 1.72. The number of hydrogen-bond donors (Lipinski definition) is 1. The number of fused-ring (bicyclic) bond motifs is 1. The first-order chi connectivity index (χ1) is 11.1. The maximum absolute atomic E-state index is 5.33. The molecule has 0 saturated heterocycles. The lowest BCUT2D eigenvalue weighted by Gasteiger charge is -2.31. The van der Waals surface area contributed by atoms with Crippen molar-refractivity contribution < 1.29 is 4.74 Å². The van der Waals surface area contributed by atoms with Gasteiger partial charge in [-0.15, -0.1) is 0 Å². The van der Waals surface area contributed by atoms with Gasteiger partial charge >= 0.3 is 0 Å². The largest absolute Gasteiger partial charge is 0.497 e. The van der Waals surface area contributed by atoms with Crippen molar-refractivity contribution in [3.05, 3.63) is 65.4 Å². The predicted octanol–water partition coefficient (Wildman–Crippen LogP) is 5.20. The highest BCUT2D eigenvalue weighted by Gasteiger charge is 2.45. The van der Waals surface area contributed by atoms with E-state index in [9.17, 15) is 0 Å². The first-order valence-electron chi connectivity index (χ1n) is 8.36. The summed E-state index contributed by atoms with van der Waals surface area (Å²) in [5.74, 6) is 1.64. The number of benzene rings is 2. The van der Waals surface area contributed by atoms with Gasteiger partial charge in [0.1, 0.15) is 5.75 Å². The predicted molar refractivity (Wildman–Crippen MR) is 95.2 cm³/mol. The van der Waals surface area contributed by atoms with E-state index in [1.165, 1.54) is 40.4 Å². The number of hydrogen-bond acceptors (Lipinski definition) is 1. The molecule has 23 heavy (non-hydrogen) atoms. The van der Waals surface area contributed by atoms with Gasteiger partial charge in [0.2, 0.25) is 0 Å². The van der Waals surface area contributed by atoms with Gasteiger partial charge in [-0.1, -0.05) is 37.3 Å². The Labute approximate surface area is 137 Å². The zero-order valence-electron chi connectivity index (χ0n) is 14.0. The van der Waals surface area contributed by atoms with E-state index < -0.39 is 0 Å². The van der Waals surface area contributed by atoms with Crippen LogP contribution >= 0.6 is 0 Å². The highest BCUT2D eigenvalue weighted by atomic mass is 16.5. The molecule has 1 unspecified atom stereocenters. The Balaban J connectivity index is 1.90. The van der Waals surface area contributed by atoms with E-state index >= 15 is 0 Å². The molecule has 1 aromatic heterocycles. The van der Waals surface area contributed by atoms with Crippen LogP contribution in [0.5, 0.6) is 5.75 Å². The number of methoxy groups -OCH3 is 1. The molecule has 0 amide bonds. The van der Waals surface area contributed by atoms with Crippen LogP contribution in [0.15, 0.2) is 48.7 Å². The maximum Gasteiger partial charge on any atom is 0.118 e. The monoisotopic (exact) mass is 305 g/mol. The van der Waals surface area contributed by atoms with Gasteiger partial charge in [0.15, 0.2) is 0 Å². The fraction of sp³-hybridized carbons (Fsp3) is 0.333. The van der Waals surface area contributed by atoms with Crippen LogP contribution in [0.1, 0.15) is 36.5 Å². The van der Waals surface area contributed by atoms with Crippen molar-refractivity contribution >= 4 is 10.9 Å². The van der Waals surface area contributed by atoms with Gasteiger partial charge in [0.25, 0.3) is 0 Å². The minimum Gasteiger partial charge on any atom is -0.497 e. The Hall–Kier alpha value is -2.22. The van der Waals surface area contributed by atoms with E-state index in [0.29, 0.717) is 0 Å². The van der Waals surface area contributed by atoms with Crippen molar-refractivity contribution in [3.63, 3.8) is 0 Å². The Morgan fingerprint density at radius 2 is 1.83 bits per heavy atom. The fourth-order valence-corrected chi connectivity index (χ4v) is 3.94. The highest BCUT2D eigenvalue weighted by molar-refractivity contribution is 5.87. The first-order valence-corrected chi connectivity index (χ1v) is 8.36. The third kappa shape index (κ3) is 2.16. The van der Waals surface area contributed by atoms with Crippen molar-refractivity contribution in [2.24, 2.45) is 5.92 Å². The Bertz CT molecular complexity index is 842. The van der Waals surface area contributed by atoms with Gasteiger partial charge in [-0.3, -0.25) is 0 Å². The van der Waals surface area contributed by atoms with Crippen LogP contribution in [0.25, 0.3) is 10.9 Å². The molecular formula is C21H23NO. The minimum atomic E-state index is 0.0539. The van der Waals surface area contributed by atoms with Crippen molar-refractivity contribution in [1.29, 1.82) is 0 Å². The Morgan fingerprint density at radius 3 is 2.48 bits per heavy atom. The van der Waals surface area contributed by atoms with Crippen LogP contribution < -0.4 is 4.74 Å². The number of nitrogens with one attached hydrogen (secondary N) is 1. The Morgan fingerprint density at radius 1 is 1.09 bits per heavy atom. The van der Waals surface area contributed by atoms with Crippen molar-refractivity contribution in [2.45, 2.75) is 32.1 Å². The van der Waals surface area contributed by atoms with E-state index in [0.717, 1.165) is 11.7 Å². The zero-order valence-corrected chi connectivity index (χ0v) is 14.0. The third-order valence-electron chi connectivity index (χ3n) is 5.57. The number of ether oxygens (including phenoxy) is 1. The number of rotatable bonds is 4. The Kier molecular flexibility index (Phi) is 3.22. The van der Waals surface area contributed by atoms with Crippen molar-refractivity contribution in [2.75, 3.05) is 7.11 Å². The van der Waals surface area contributed by atoms with Gasteiger partial charge in [-0.05, 0) is 54.5 Å². The molecule has 0 bridgehead atoms. The van der Waals surface area contributed by atoms with E-state index in [-0.39, 0.29) is 5.41 Å². The van der Waals surface area contributed by atoms with Crippen LogP contribution in [0.4, 0.5) is 0 Å². The van der Waals surface area contributed by atoms with E-state index in [2.05, 4.69) is 67.5 Å².